The second kappa shape index (κ2) is 6.77. The topological polar surface area (TPSA) is 76.5 Å². The van der Waals surface area contributed by atoms with Crippen LogP contribution in [0, 0.1) is 17.7 Å². The van der Waals surface area contributed by atoms with Gasteiger partial charge in [-0.1, -0.05) is 24.3 Å². The maximum Gasteiger partial charge on any atom is 0.230 e. The van der Waals surface area contributed by atoms with Crippen LogP contribution in [-0.2, 0) is 21.4 Å². The molecule has 156 valence electrons. The van der Waals surface area contributed by atoms with E-state index in [9.17, 15) is 14.0 Å². The number of nitrogens with zero attached hydrogens (tertiary/aromatic N) is 3. The Balaban J connectivity index is 1.47. The molecule has 0 aliphatic carbocycles. The Morgan fingerprint density at radius 2 is 2.17 bits per heavy atom. The third-order valence-electron chi connectivity index (χ3n) is 6.47. The molecule has 2 aromatic rings. The molecule has 8 heteroatoms. The van der Waals surface area contributed by atoms with Crippen molar-refractivity contribution in [2.24, 2.45) is 18.9 Å². The predicted octanol–water partition coefficient (Wildman–Crippen LogP) is 1.57. The monoisotopic (exact) mass is 410 g/mol. The van der Waals surface area contributed by atoms with Crippen molar-refractivity contribution >= 4 is 11.8 Å². The van der Waals surface area contributed by atoms with E-state index in [4.69, 9.17) is 4.74 Å². The first-order valence-electron chi connectivity index (χ1n) is 10.1. The lowest BCUT2D eigenvalue weighted by molar-refractivity contribution is -0.137. The van der Waals surface area contributed by atoms with Gasteiger partial charge in [-0.2, -0.15) is 0 Å². The maximum absolute atomic E-state index is 13.5. The van der Waals surface area contributed by atoms with Crippen molar-refractivity contribution in [2.45, 2.75) is 24.7 Å². The highest BCUT2D eigenvalue weighted by molar-refractivity contribution is 5.93. The number of likely N-dealkylation sites (tertiary alicyclic amines) is 1. The van der Waals surface area contributed by atoms with Gasteiger partial charge in [0, 0.05) is 26.0 Å². The minimum absolute atomic E-state index is 0.0418. The highest BCUT2D eigenvalue weighted by atomic mass is 19.1. The van der Waals surface area contributed by atoms with Crippen LogP contribution in [-0.4, -0.2) is 51.1 Å². The van der Waals surface area contributed by atoms with Gasteiger partial charge in [0.05, 0.1) is 24.5 Å². The second-order valence-electron chi connectivity index (χ2n) is 8.14. The van der Waals surface area contributed by atoms with Crippen LogP contribution in [0.2, 0.25) is 0 Å². The fraction of sp³-hybridized carbons (Fsp3) is 0.409. The van der Waals surface area contributed by atoms with Crippen molar-refractivity contribution in [3.8, 4) is 0 Å². The summed E-state index contributed by atoms with van der Waals surface area (Å²) in [6.45, 7) is 2.98. The highest BCUT2D eigenvalue weighted by Gasteiger charge is 2.66. The van der Waals surface area contributed by atoms with Gasteiger partial charge in [0.2, 0.25) is 11.8 Å². The SMILES string of the molecule is CCN1C[C@@]23C=C[C@@H](O2)[C@H](C(=O)N[C@@H](c2ccc(F)cc2)c2nccn2C)[C@H]3C1=O. The molecular formula is C22H23FN4O3. The Kier molecular flexibility index (Phi) is 4.28. The lowest BCUT2D eigenvalue weighted by atomic mass is 9.76. The summed E-state index contributed by atoms with van der Waals surface area (Å²) in [6, 6.07) is 5.40. The van der Waals surface area contributed by atoms with E-state index in [-0.39, 0.29) is 17.6 Å². The number of nitrogens with one attached hydrogen (secondary N) is 1. The quantitative estimate of drug-likeness (QED) is 0.760. The number of imidazole rings is 1. The molecule has 0 saturated carbocycles. The average molecular weight is 410 g/mol. The van der Waals surface area contributed by atoms with Crippen molar-refractivity contribution < 1.29 is 18.7 Å². The smallest absolute Gasteiger partial charge is 0.230 e. The summed E-state index contributed by atoms with van der Waals surface area (Å²) in [5, 5.41) is 3.06. The minimum Gasteiger partial charge on any atom is -0.360 e. The second-order valence-corrected chi connectivity index (χ2v) is 8.14. The Morgan fingerprint density at radius 1 is 1.40 bits per heavy atom. The Labute approximate surface area is 173 Å². The first kappa shape index (κ1) is 19.0. The van der Waals surface area contributed by atoms with Gasteiger partial charge in [0.1, 0.15) is 23.3 Å². The fourth-order valence-electron chi connectivity index (χ4n) is 4.99. The molecular weight excluding hydrogens is 387 g/mol. The zero-order valence-corrected chi connectivity index (χ0v) is 16.8. The van der Waals surface area contributed by atoms with Crippen molar-refractivity contribution in [1.29, 1.82) is 0 Å². The van der Waals surface area contributed by atoms with Gasteiger partial charge in [-0.3, -0.25) is 9.59 Å². The van der Waals surface area contributed by atoms with Crippen LogP contribution < -0.4 is 5.32 Å². The van der Waals surface area contributed by atoms with E-state index in [2.05, 4.69) is 10.3 Å². The molecule has 3 aliphatic rings. The van der Waals surface area contributed by atoms with Crippen molar-refractivity contribution in [1.82, 2.24) is 19.8 Å². The van der Waals surface area contributed by atoms with Crippen LogP contribution in [0.1, 0.15) is 24.4 Å². The molecule has 30 heavy (non-hydrogen) atoms. The molecule has 2 saturated heterocycles. The molecule has 1 N–H and O–H groups in total. The van der Waals surface area contributed by atoms with Gasteiger partial charge in [-0.05, 0) is 24.6 Å². The zero-order chi connectivity index (χ0) is 21.0. The summed E-state index contributed by atoms with van der Waals surface area (Å²) >= 11 is 0. The molecule has 0 radical (unpaired) electrons. The molecule has 1 spiro atoms. The van der Waals surface area contributed by atoms with Gasteiger partial charge in [0.15, 0.2) is 0 Å². The normalized spacial score (nSPS) is 30.0. The van der Waals surface area contributed by atoms with Gasteiger partial charge >= 0.3 is 0 Å². The third-order valence-corrected chi connectivity index (χ3v) is 6.47. The molecule has 3 aliphatic heterocycles. The maximum atomic E-state index is 13.5. The summed E-state index contributed by atoms with van der Waals surface area (Å²) in [5.74, 6) is -1.17. The Bertz CT molecular complexity index is 1030. The van der Waals surface area contributed by atoms with Crippen LogP contribution >= 0.6 is 0 Å². The number of aromatic nitrogens is 2. The molecule has 0 unspecified atom stereocenters. The number of rotatable bonds is 5. The molecule has 5 rings (SSSR count). The molecule has 7 nitrogen and oxygen atoms in total. The van der Waals surface area contributed by atoms with Crippen molar-refractivity contribution in [3.05, 3.63) is 66.0 Å². The number of hydrogen-bond acceptors (Lipinski definition) is 4. The summed E-state index contributed by atoms with van der Waals surface area (Å²) in [7, 11) is 1.84. The predicted molar refractivity (Wildman–Crippen MR) is 106 cm³/mol. The number of carbonyl (C=O) groups excluding carboxylic acids is 2. The number of carbonyl (C=O) groups is 2. The number of halogens is 1. The van der Waals surface area contributed by atoms with E-state index in [1.807, 2.05) is 30.7 Å². The number of hydrogen-bond donors (Lipinski definition) is 1. The Morgan fingerprint density at radius 3 is 2.83 bits per heavy atom. The first-order chi connectivity index (χ1) is 14.4. The molecule has 2 fully saturated rings. The lowest BCUT2D eigenvalue weighted by Crippen LogP contribution is -2.45. The molecule has 2 amide bonds. The summed E-state index contributed by atoms with van der Waals surface area (Å²) in [6.07, 6.45) is 6.84. The van der Waals surface area contributed by atoms with E-state index in [0.717, 1.165) is 0 Å². The fourth-order valence-corrected chi connectivity index (χ4v) is 4.99. The Hall–Kier alpha value is -3.00. The van der Waals surface area contributed by atoms with E-state index >= 15 is 0 Å². The first-order valence-corrected chi connectivity index (χ1v) is 10.1. The van der Waals surface area contributed by atoms with Crippen LogP contribution in [0.5, 0.6) is 0 Å². The summed E-state index contributed by atoms with van der Waals surface area (Å²) < 4.78 is 21.4. The van der Waals surface area contributed by atoms with E-state index < -0.39 is 29.6 Å². The summed E-state index contributed by atoms with van der Waals surface area (Å²) in [4.78, 5) is 32.6. The standard InChI is InChI=1S/C22H23FN4O3/c1-3-27-12-22-9-8-15(30-22)16(17(22)21(27)29)20(28)25-18(19-24-10-11-26(19)2)13-4-6-14(23)7-5-13/h4-11,15-18H,3,12H2,1-2H3,(H,25,28)/t15-,16+,17+,18+,22-/m1/s1. The van der Waals surface area contributed by atoms with Crippen LogP contribution in [0.25, 0.3) is 0 Å². The minimum atomic E-state index is -0.714. The van der Waals surface area contributed by atoms with Gasteiger partial charge < -0.3 is 19.5 Å². The molecule has 4 heterocycles. The highest BCUT2D eigenvalue weighted by Crippen LogP contribution is 2.51. The molecule has 2 bridgehead atoms. The lowest BCUT2D eigenvalue weighted by Gasteiger charge is -2.26. The molecule has 1 aromatic carbocycles. The number of amides is 2. The van der Waals surface area contributed by atoms with Crippen molar-refractivity contribution in [3.63, 3.8) is 0 Å². The van der Waals surface area contributed by atoms with E-state index in [0.29, 0.717) is 24.5 Å². The van der Waals surface area contributed by atoms with Crippen LogP contribution in [0.3, 0.4) is 0 Å². The number of benzene rings is 1. The summed E-state index contributed by atoms with van der Waals surface area (Å²) in [5.41, 5.74) is -0.00438. The largest absolute Gasteiger partial charge is 0.360 e. The number of aryl methyl sites for hydroxylation is 1. The third kappa shape index (κ3) is 2.70. The van der Waals surface area contributed by atoms with E-state index in [1.165, 1.54) is 12.1 Å². The number of fused-ring (bicyclic) bond motifs is 1. The van der Waals surface area contributed by atoms with Crippen molar-refractivity contribution in [2.75, 3.05) is 13.1 Å². The van der Waals surface area contributed by atoms with E-state index in [1.54, 1.807) is 29.4 Å². The molecule has 5 atom stereocenters. The average Bonchev–Trinajstić information content (AvgIpc) is 3.48. The zero-order valence-electron chi connectivity index (χ0n) is 16.8. The van der Waals surface area contributed by atoms with Gasteiger partial charge in [-0.25, -0.2) is 9.37 Å². The molecule has 1 aromatic heterocycles. The van der Waals surface area contributed by atoms with Gasteiger partial charge in [0.25, 0.3) is 0 Å². The van der Waals surface area contributed by atoms with Crippen LogP contribution in [0.4, 0.5) is 4.39 Å². The number of likely N-dealkylation sites (N-methyl/N-ethyl adjacent to an activating group) is 1. The number of ether oxygens (including phenoxy) is 1. The van der Waals surface area contributed by atoms with Crippen LogP contribution in [0.15, 0.2) is 48.8 Å². The van der Waals surface area contributed by atoms with Gasteiger partial charge in [-0.15, -0.1) is 0 Å².